The lowest BCUT2D eigenvalue weighted by molar-refractivity contribution is -0.118. The van der Waals surface area contributed by atoms with E-state index < -0.39 is 0 Å². The van der Waals surface area contributed by atoms with Crippen molar-refractivity contribution >= 4 is 6.41 Å². The highest BCUT2D eigenvalue weighted by atomic mass is 16.1. The predicted molar refractivity (Wildman–Crippen MR) is 51.5 cm³/mol. The molecule has 68 valence electrons. The van der Waals surface area contributed by atoms with Gasteiger partial charge in [0.1, 0.15) is 0 Å². The summed E-state index contributed by atoms with van der Waals surface area (Å²) in [4.78, 5) is 12.4. The molecule has 1 heterocycles. The smallest absolute Gasteiger partial charge is 0.209 e. The summed E-state index contributed by atoms with van der Waals surface area (Å²) in [7, 11) is 0. The molecule has 13 heavy (non-hydrogen) atoms. The van der Waals surface area contributed by atoms with Gasteiger partial charge in [-0.05, 0) is 24.0 Å². The molecule has 0 N–H and O–H groups in total. The molecule has 0 unspecified atom stereocenters. The summed E-state index contributed by atoms with van der Waals surface area (Å²) in [5.41, 5.74) is 2.79. The molecule has 1 amide bonds. The number of carbonyl (C=O) groups is 1. The van der Waals surface area contributed by atoms with Crippen LogP contribution in [0.4, 0.5) is 0 Å². The van der Waals surface area contributed by atoms with E-state index in [1.54, 1.807) is 0 Å². The van der Waals surface area contributed by atoms with Crippen LogP contribution in [0.3, 0.4) is 0 Å². The topological polar surface area (TPSA) is 20.3 Å². The monoisotopic (exact) mass is 175 g/mol. The van der Waals surface area contributed by atoms with Gasteiger partial charge < -0.3 is 4.90 Å². The largest absolute Gasteiger partial charge is 0.345 e. The van der Waals surface area contributed by atoms with Crippen molar-refractivity contribution in [2.45, 2.75) is 12.8 Å². The maximum atomic E-state index is 10.6. The van der Waals surface area contributed by atoms with Gasteiger partial charge in [-0.15, -0.1) is 0 Å². The van der Waals surface area contributed by atoms with Crippen molar-refractivity contribution in [3.8, 4) is 0 Å². The van der Waals surface area contributed by atoms with Crippen LogP contribution in [-0.4, -0.2) is 24.4 Å². The van der Waals surface area contributed by atoms with E-state index in [2.05, 4.69) is 24.3 Å². The lowest BCUT2D eigenvalue weighted by Gasteiger charge is -2.12. The zero-order valence-corrected chi connectivity index (χ0v) is 7.57. The number of hydrogen-bond acceptors (Lipinski definition) is 1. The maximum Gasteiger partial charge on any atom is 0.209 e. The summed E-state index contributed by atoms with van der Waals surface area (Å²) < 4.78 is 0. The fourth-order valence-corrected chi connectivity index (χ4v) is 1.79. The van der Waals surface area contributed by atoms with Crippen LogP contribution in [0, 0.1) is 0 Å². The van der Waals surface area contributed by atoms with Crippen molar-refractivity contribution < 1.29 is 4.79 Å². The summed E-state index contributed by atoms with van der Waals surface area (Å²) in [6.45, 7) is 1.72. The third kappa shape index (κ3) is 1.72. The highest BCUT2D eigenvalue weighted by Gasteiger charge is 2.10. The zero-order chi connectivity index (χ0) is 9.10. The van der Waals surface area contributed by atoms with Crippen molar-refractivity contribution in [1.82, 2.24) is 4.90 Å². The van der Waals surface area contributed by atoms with Gasteiger partial charge in [-0.2, -0.15) is 0 Å². The van der Waals surface area contributed by atoms with Gasteiger partial charge in [0.2, 0.25) is 6.41 Å². The molecule has 0 aromatic heterocycles. The number of carbonyl (C=O) groups excluding carboxylic acids is 1. The van der Waals surface area contributed by atoms with E-state index in [4.69, 9.17) is 0 Å². The SMILES string of the molecule is O=CN1CCc2ccccc2CC1. The summed E-state index contributed by atoms with van der Waals surface area (Å²) in [6, 6.07) is 8.44. The Bertz CT molecular complexity index is 282. The molecule has 0 radical (unpaired) electrons. The average molecular weight is 175 g/mol. The molecule has 0 aliphatic carbocycles. The van der Waals surface area contributed by atoms with Crippen LogP contribution >= 0.6 is 0 Å². The van der Waals surface area contributed by atoms with Gasteiger partial charge in [-0.25, -0.2) is 0 Å². The first-order chi connectivity index (χ1) is 6.40. The molecule has 0 saturated heterocycles. The van der Waals surface area contributed by atoms with Gasteiger partial charge >= 0.3 is 0 Å². The van der Waals surface area contributed by atoms with E-state index in [0.29, 0.717) is 0 Å². The van der Waals surface area contributed by atoms with E-state index in [-0.39, 0.29) is 0 Å². The van der Waals surface area contributed by atoms with Crippen molar-refractivity contribution in [3.63, 3.8) is 0 Å². The highest BCUT2D eigenvalue weighted by molar-refractivity contribution is 5.47. The molecule has 2 rings (SSSR count). The molecule has 1 aliphatic heterocycles. The molecule has 0 atom stereocenters. The second-order valence-corrected chi connectivity index (χ2v) is 3.41. The second-order valence-electron chi connectivity index (χ2n) is 3.41. The number of benzene rings is 1. The molecule has 0 saturated carbocycles. The minimum atomic E-state index is 0.862. The Morgan fingerprint density at radius 2 is 1.62 bits per heavy atom. The molecule has 0 spiro atoms. The minimum absolute atomic E-state index is 0.862. The fourth-order valence-electron chi connectivity index (χ4n) is 1.79. The summed E-state index contributed by atoms with van der Waals surface area (Å²) in [5, 5.41) is 0. The Balaban J connectivity index is 2.21. The number of hydrogen-bond donors (Lipinski definition) is 0. The number of amides is 1. The van der Waals surface area contributed by atoms with Crippen molar-refractivity contribution in [2.75, 3.05) is 13.1 Å². The first-order valence-corrected chi connectivity index (χ1v) is 4.66. The van der Waals surface area contributed by atoms with Crippen molar-refractivity contribution in [2.24, 2.45) is 0 Å². The molecule has 1 aromatic rings. The van der Waals surface area contributed by atoms with E-state index in [0.717, 1.165) is 32.3 Å². The average Bonchev–Trinajstić information content (AvgIpc) is 2.39. The van der Waals surface area contributed by atoms with Crippen LogP contribution in [0.2, 0.25) is 0 Å². The first-order valence-electron chi connectivity index (χ1n) is 4.66. The summed E-state index contributed by atoms with van der Waals surface area (Å²) in [6.07, 6.45) is 2.94. The van der Waals surface area contributed by atoms with E-state index >= 15 is 0 Å². The van der Waals surface area contributed by atoms with Gasteiger partial charge in [0, 0.05) is 13.1 Å². The molecule has 0 bridgehead atoms. The van der Waals surface area contributed by atoms with Gasteiger partial charge in [-0.3, -0.25) is 4.79 Å². The van der Waals surface area contributed by atoms with Crippen LogP contribution in [0.15, 0.2) is 24.3 Å². The van der Waals surface area contributed by atoms with Gasteiger partial charge in [0.05, 0.1) is 0 Å². The van der Waals surface area contributed by atoms with Crippen LogP contribution in [0.5, 0.6) is 0 Å². The van der Waals surface area contributed by atoms with Crippen LogP contribution in [-0.2, 0) is 17.6 Å². The predicted octanol–water partition coefficient (Wildman–Crippen LogP) is 1.24. The highest BCUT2D eigenvalue weighted by Crippen LogP contribution is 2.14. The van der Waals surface area contributed by atoms with Gasteiger partial charge in [-0.1, -0.05) is 24.3 Å². The molecule has 1 aromatic carbocycles. The Labute approximate surface area is 78.2 Å². The van der Waals surface area contributed by atoms with Crippen molar-refractivity contribution in [1.29, 1.82) is 0 Å². The van der Waals surface area contributed by atoms with Crippen LogP contribution < -0.4 is 0 Å². The quantitative estimate of drug-likeness (QED) is 0.588. The van der Waals surface area contributed by atoms with Gasteiger partial charge in [0.25, 0.3) is 0 Å². The fraction of sp³-hybridized carbons (Fsp3) is 0.364. The lowest BCUT2D eigenvalue weighted by Crippen LogP contribution is -2.24. The second kappa shape index (κ2) is 3.60. The molecule has 2 heteroatoms. The van der Waals surface area contributed by atoms with Gasteiger partial charge in [0.15, 0.2) is 0 Å². The molecule has 0 fully saturated rings. The number of fused-ring (bicyclic) bond motifs is 1. The molecular formula is C11H13NO. The van der Waals surface area contributed by atoms with E-state index in [1.807, 2.05) is 4.90 Å². The molecule has 2 nitrogen and oxygen atoms in total. The first kappa shape index (κ1) is 8.30. The Morgan fingerprint density at radius 3 is 2.08 bits per heavy atom. The Hall–Kier alpha value is -1.31. The normalized spacial score (nSPS) is 16.2. The Kier molecular flexibility index (Phi) is 2.30. The van der Waals surface area contributed by atoms with E-state index in [1.165, 1.54) is 11.1 Å². The lowest BCUT2D eigenvalue weighted by atomic mass is 10.0. The third-order valence-corrected chi connectivity index (χ3v) is 2.60. The van der Waals surface area contributed by atoms with Crippen molar-refractivity contribution in [3.05, 3.63) is 35.4 Å². The van der Waals surface area contributed by atoms with Crippen LogP contribution in [0.25, 0.3) is 0 Å². The van der Waals surface area contributed by atoms with E-state index in [9.17, 15) is 4.79 Å². The Morgan fingerprint density at radius 1 is 1.08 bits per heavy atom. The maximum absolute atomic E-state index is 10.6. The number of nitrogens with zero attached hydrogens (tertiary/aromatic N) is 1. The number of rotatable bonds is 1. The minimum Gasteiger partial charge on any atom is -0.345 e. The van der Waals surface area contributed by atoms with Crippen LogP contribution in [0.1, 0.15) is 11.1 Å². The molecule has 1 aliphatic rings. The molecular weight excluding hydrogens is 162 g/mol. The summed E-state index contributed by atoms with van der Waals surface area (Å²) >= 11 is 0. The summed E-state index contributed by atoms with van der Waals surface area (Å²) in [5.74, 6) is 0. The zero-order valence-electron chi connectivity index (χ0n) is 7.57. The third-order valence-electron chi connectivity index (χ3n) is 2.60. The standard InChI is InChI=1S/C11H13NO/c13-9-12-7-5-10-3-1-2-4-11(10)6-8-12/h1-4,9H,5-8H2.